The van der Waals surface area contributed by atoms with Gasteiger partial charge < -0.3 is 10.5 Å². The highest BCUT2D eigenvalue weighted by molar-refractivity contribution is 7.12. The first-order valence-electron chi connectivity index (χ1n) is 6.64. The lowest BCUT2D eigenvalue weighted by atomic mass is 9.93. The molecule has 2 heterocycles. The van der Waals surface area contributed by atoms with Crippen LogP contribution in [0.4, 0.5) is 0 Å². The predicted octanol–water partition coefficient (Wildman–Crippen LogP) is 4.20. The van der Waals surface area contributed by atoms with Crippen molar-refractivity contribution in [2.45, 2.75) is 39.3 Å². The molecular formula is C16H19NOS. The average molecular weight is 273 g/mol. The van der Waals surface area contributed by atoms with Gasteiger partial charge in [0.25, 0.3) is 0 Å². The minimum absolute atomic E-state index is 0.0632. The first-order chi connectivity index (χ1) is 9.04. The van der Waals surface area contributed by atoms with Crippen LogP contribution in [-0.4, -0.2) is 0 Å². The molecule has 1 aliphatic rings. The summed E-state index contributed by atoms with van der Waals surface area (Å²) in [5.41, 5.74) is 9.99. The van der Waals surface area contributed by atoms with E-state index in [1.54, 1.807) is 0 Å². The molecule has 0 bridgehead atoms. The molecule has 0 spiro atoms. The van der Waals surface area contributed by atoms with E-state index < -0.39 is 0 Å². The van der Waals surface area contributed by atoms with Crippen LogP contribution in [0.5, 0.6) is 5.75 Å². The van der Waals surface area contributed by atoms with E-state index in [2.05, 4.69) is 39.0 Å². The quantitative estimate of drug-likeness (QED) is 0.845. The Labute approximate surface area is 118 Å². The molecule has 3 rings (SSSR count). The molecule has 0 saturated heterocycles. The Morgan fingerprint density at radius 3 is 2.63 bits per heavy atom. The van der Waals surface area contributed by atoms with Crippen LogP contribution in [0.2, 0.25) is 0 Å². The first-order valence-corrected chi connectivity index (χ1v) is 7.46. The Balaban J connectivity index is 1.97. The van der Waals surface area contributed by atoms with Crippen LogP contribution < -0.4 is 10.5 Å². The predicted molar refractivity (Wildman–Crippen MR) is 79.9 cm³/mol. The van der Waals surface area contributed by atoms with Crippen LogP contribution in [0.1, 0.15) is 45.0 Å². The monoisotopic (exact) mass is 273 g/mol. The van der Waals surface area contributed by atoms with Crippen molar-refractivity contribution in [3.8, 4) is 5.75 Å². The van der Waals surface area contributed by atoms with Crippen LogP contribution in [0, 0.1) is 20.8 Å². The number of ether oxygens (including phenoxy) is 1. The van der Waals surface area contributed by atoms with Gasteiger partial charge in [-0.25, -0.2) is 0 Å². The van der Waals surface area contributed by atoms with Crippen molar-refractivity contribution in [3.05, 3.63) is 50.7 Å². The van der Waals surface area contributed by atoms with Crippen molar-refractivity contribution in [1.82, 2.24) is 0 Å². The Hall–Kier alpha value is -1.32. The Kier molecular flexibility index (Phi) is 3.11. The van der Waals surface area contributed by atoms with Crippen LogP contribution in [0.25, 0.3) is 0 Å². The summed E-state index contributed by atoms with van der Waals surface area (Å²) >= 11 is 1.83. The highest BCUT2D eigenvalue weighted by Crippen LogP contribution is 2.42. The molecule has 3 heteroatoms. The third-order valence-corrected chi connectivity index (χ3v) is 4.71. The molecule has 1 aromatic carbocycles. The van der Waals surface area contributed by atoms with E-state index in [4.69, 9.17) is 10.5 Å². The summed E-state index contributed by atoms with van der Waals surface area (Å²) in [4.78, 5) is 2.67. The van der Waals surface area contributed by atoms with E-state index in [1.165, 1.54) is 20.9 Å². The number of hydrogen-bond donors (Lipinski definition) is 1. The van der Waals surface area contributed by atoms with Gasteiger partial charge in [-0.3, -0.25) is 0 Å². The van der Waals surface area contributed by atoms with E-state index in [0.29, 0.717) is 0 Å². The zero-order valence-corrected chi connectivity index (χ0v) is 12.4. The molecule has 0 radical (unpaired) electrons. The summed E-state index contributed by atoms with van der Waals surface area (Å²) in [5.74, 6) is 0.942. The van der Waals surface area contributed by atoms with Crippen molar-refractivity contribution in [2.24, 2.45) is 5.73 Å². The summed E-state index contributed by atoms with van der Waals surface area (Å²) in [6.45, 7) is 6.39. The molecule has 100 valence electrons. The second kappa shape index (κ2) is 4.66. The van der Waals surface area contributed by atoms with Crippen molar-refractivity contribution in [1.29, 1.82) is 0 Å². The maximum atomic E-state index is 6.32. The molecule has 2 unspecified atom stereocenters. The standard InChI is InChI=1S/C16H19NOS/c1-9-4-5-15-13(6-9)14(17)8-16(18-15)12-7-10(2)19-11(12)3/h4-7,14,16H,8,17H2,1-3H3. The van der Waals surface area contributed by atoms with Crippen molar-refractivity contribution >= 4 is 11.3 Å². The molecule has 0 saturated carbocycles. The molecule has 1 aromatic heterocycles. The number of benzene rings is 1. The zero-order chi connectivity index (χ0) is 13.6. The molecule has 2 N–H and O–H groups in total. The number of nitrogens with two attached hydrogens (primary N) is 1. The lowest BCUT2D eigenvalue weighted by molar-refractivity contribution is 0.161. The van der Waals surface area contributed by atoms with E-state index >= 15 is 0 Å². The van der Waals surface area contributed by atoms with Crippen molar-refractivity contribution < 1.29 is 4.74 Å². The Morgan fingerprint density at radius 2 is 1.95 bits per heavy atom. The van der Waals surface area contributed by atoms with Gasteiger partial charge in [-0.15, -0.1) is 11.3 Å². The number of rotatable bonds is 1. The molecule has 0 amide bonds. The smallest absolute Gasteiger partial charge is 0.127 e. The molecular weight excluding hydrogens is 254 g/mol. The first kappa shape index (κ1) is 12.7. The number of hydrogen-bond acceptors (Lipinski definition) is 3. The van der Waals surface area contributed by atoms with Crippen molar-refractivity contribution in [3.63, 3.8) is 0 Å². The fourth-order valence-electron chi connectivity index (χ4n) is 2.78. The molecule has 0 fully saturated rings. The lowest BCUT2D eigenvalue weighted by Gasteiger charge is -2.30. The van der Waals surface area contributed by atoms with E-state index in [9.17, 15) is 0 Å². The highest BCUT2D eigenvalue weighted by Gasteiger charge is 2.28. The summed E-state index contributed by atoms with van der Waals surface area (Å²) in [7, 11) is 0. The number of fused-ring (bicyclic) bond motifs is 1. The van der Waals surface area contributed by atoms with E-state index in [1.807, 2.05) is 17.4 Å². The maximum absolute atomic E-state index is 6.32. The fraction of sp³-hybridized carbons (Fsp3) is 0.375. The summed E-state index contributed by atoms with van der Waals surface area (Å²) in [5, 5.41) is 0. The van der Waals surface area contributed by atoms with Crippen molar-refractivity contribution in [2.75, 3.05) is 0 Å². The zero-order valence-electron chi connectivity index (χ0n) is 11.6. The Morgan fingerprint density at radius 1 is 1.16 bits per heavy atom. The summed E-state index contributed by atoms with van der Waals surface area (Å²) in [6.07, 6.45) is 0.947. The van der Waals surface area contributed by atoms with Gasteiger partial charge in [0.15, 0.2) is 0 Å². The average Bonchev–Trinajstić information content (AvgIpc) is 2.69. The summed E-state index contributed by atoms with van der Waals surface area (Å²) in [6, 6.07) is 8.57. The van der Waals surface area contributed by atoms with Crippen LogP contribution in [-0.2, 0) is 0 Å². The third-order valence-electron chi connectivity index (χ3n) is 3.73. The number of thiophene rings is 1. The summed E-state index contributed by atoms with van der Waals surface area (Å²) < 4.78 is 6.16. The lowest BCUT2D eigenvalue weighted by Crippen LogP contribution is -2.24. The maximum Gasteiger partial charge on any atom is 0.127 e. The molecule has 0 aliphatic carbocycles. The topological polar surface area (TPSA) is 35.2 Å². The number of aryl methyl sites for hydroxylation is 3. The van der Waals surface area contributed by atoms with Gasteiger partial charge in [0.2, 0.25) is 0 Å². The largest absolute Gasteiger partial charge is 0.485 e. The fourth-order valence-corrected chi connectivity index (χ4v) is 3.76. The molecule has 2 nitrogen and oxygen atoms in total. The highest BCUT2D eigenvalue weighted by atomic mass is 32.1. The van der Waals surface area contributed by atoms with Crippen LogP contribution in [0.3, 0.4) is 0 Å². The SMILES string of the molecule is Cc1ccc2c(c1)C(N)CC(c1cc(C)sc1C)O2. The van der Waals surface area contributed by atoms with Gasteiger partial charge in [-0.05, 0) is 32.9 Å². The van der Waals surface area contributed by atoms with E-state index in [0.717, 1.165) is 17.7 Å². The third kappa shape index (κ3) is 2.28. The van der Waals surface area contributed by atoms with Crippen LogP contribution in [0.15, 0.2) is 24.3 Å². The molecule has 1 aliphatic heterocycles. The second-order valence-corrected chi connectivity index (χ2v) is 6.82. The minimum Gasteiger partial charge on any atom is -0.485 e. The van der Waals surface area contributed by atoms with Gasteiger partial charge in [-0.2, -0.15) is 0 Å². The van der Waals surface area contributed by atoms with Gasteiger partial charge in [0.05, 0.1) is 0 Å². The van der Waals surface area contributed by atoms with Gasteiger partial charge in [0, 0.05) is 33.3 Å². The molecule has 2 aromatic rings. The molecule has 2 atom stereocenters. The minimum atomic E-state index is 0.0632. The van der Waals surface area contributed by atoms with Gasteiger partial charge in [-0.1, -0.05) is 17.7 Å². The Bertz CT molecular complexity index is 617. The van der Waals surface area contributed by atoms with Crippen LogP contribution >= 0.6 is 11.3 Å². The van der Waals surface area contributed by atoms with E-state index in [-0.39, 0.29) is 12.1 Å². The normalized spacial score (nSPS) is 21.9. The van der Waals surface area contributed by atoms with Gasteiger partial charge >= 0.3 is 0 Å². The second-order valence-electron chi connectivity index (χ2n) is 5.36. The molecule has 19 heavy (non-hydrogen) atoms. The van der Waals surface area contributed by atoms with Gasteiger partial charge in [0.1, 0.15) is 11.9 Å².